The number of carbonyl (C=O) groups excluding carboxylic acids is 1. The second kappa shape index (κ2) is 9.75. The number of hydrogen-bond donors (Lipinski definition) is 4. The lowest BCUT2D eigenvalue weighted by molar-refractivity contribution is -0.123. The predicted octanol–water partition coefficient (Wildman–Crippen LogP) is -0.0886. The minimum absolute atomic E-state index is 0.0279. The van der Waals surface area contributed by atoms with E-state index in [9.17, 15) is 19.3 Å². The van der Waals surface area contributed by atoms with E-state index in [4.69, 9.17) is 15.0 Å². The highest BCUT2D eigenvalue weighted by Crippen LogP contribution is 2.38. The van der Waals surface area contributed by atoms with Crippen molar-refractivity contribution in [3.63, 3.8) is 0 Å². The van der Waals surface area contributed by atoms with Crippen molar-refractivity contribution in [2.45, 2.75) is 38.2 Å². The number of aromatic nitrogens is 6. The van der Waals surface area contributed by atoms with Gasteiger partial charge in [0.15, 0.2) is 17.4 Å². The lowest BCUT2D eigenvalue weighted by Crippen LogP contribution is -2.35. The zero-order chi connectivity index (χ0) is 23.5. The molecular weight excluding hydrogens is 455 g/mol. The summed E-state index contributed by atoms with van der Waals surface area (Å²) in [5.41, 5.74) is 5.28. The molecule has 1 amide bonds. The largest absolute Gasteiger partial charge is 0.651 e. The van der Waals surface area contributed by atoms with Gasteiger partial charge in [0.1, 0.15) is 19.0 Å². The molecule has 1 unspecified atom stereocenters. The number of nitrogens with one attached hydrogen (secondary N) is 2. The topological polar surface area (TPSA) is 192 Å². The molecule has 15 heteroatoms. The maximum atomic E-state index is 12.4. The monoisotopic (exact) mass is 479 g/mol. The van der Waals surface area contributed by atoms with Crippen molar-refractivity contribution in [3.05, 3.63) is 35.4 Å². The molecule has 0 aliphatic carbocycles. The molecule has 0 bridgehead atoms. The predicted molar refractivity (Wildman–Crippen MR) is 115 cm³/mol. The van der Waals surface area contributed by atoms with Crippen LogP contribution in [0.4, 0.5) is 5.95 Å². The SMILES string of the molecule is CCCNC(=O)C[C@H]1[C@@H](O)[C@H](n2cnc3c(=O)[nH]c(N)nc32)O[C@@H]1CO[P+](=O)n1ccnc1. The molecule has 5 atom stereocenters. The van der Waals surface area contributed by atoms with Gasteiger partial charge in [0.25, 0.3) is 5.56 Å². The van der Waals surface area contributed by atoms with E-state index in [1.165, 1.54) is 34.0 Å². The Labute approximate surface area is 188 Å². The Morgan fingerprint density at radius 3 is 3.00 bits per heavy atom. The number of nitrogens with two attached hydrogens (primary N) is 1. The van der Waals surface area contributed by atoms with Gasteiger partial charge in [-0.05, 0) is 11.0 Å². The molecule has 4 rings (SSSR count). The Bertz CT molecular complexity index is 1190. The maximum Gasteiger partial charge on any atom is 0.651 e. The fraction of sp³-hybridized carbons (Fsp3) is 0.500. The first-order valence-corrected chi connectivity index (χ1v) is 11.4. The van der Waals surface area contributed by atoms with E-state index < -0.39 is 38.1 Å². The molecule has 1 aliphatic heterocycles. The number of aliphatic hydroxyl groups excluding tert-OH is 1. The Morgan fingerprint density at radius 1 is 1.45 bits per heavy atom. The van der Waals surface area contributed by atoms with E-state index in [0.29, 0.717) is 6.54 Å². The van der Waals surface area contributed by atoms with Gasteiger partial charge in [-0.25, -0.2) is 9.97 Å². The molecule has 14 nitrogen and oxygen atoms in total. The fourth-order valence-corrected chi connectivity index (χ4v) is 4.39. The van der Waals surface area contributed by atoms with Gasteiger partial charge in [-0.1, -0.05) is 6.92 Å². The number of rotatable bonds is 9. The summed E-state index contributed by atoms with van der Waals surface area (Å²) >= 11 is 0. The van der Waals surface area contributed by atoms with Gasteiger partial charge >= 0.3 is 8.18 Å². The highest BCUT2D eigenvalue weighted by atomic mass is 31.1. The van der Waals surface area contributed by atoms with Crippen LogP contribution in [0, 0.1) is 5.92 Å². The molecule has 0 aromatic carbocycles. The summed E-state index contributed by atoms with van der Waals surface area (Å²) in [7, 11) is -2.27. The summed E-state index contributed by atoms with van der Waals surface area (Å²) in [4.78, 5) is 38.8. The van der Waals surface area contributed by atoms with Crippen molar-refractivity contribution in [3.8, 4) is 0 Å². The van der Waals surface area contributed by atoms with Gasteiger partial charge in [0.2, 0.25) is 11.9 Å². The standard InChI is InChI=1S/C18H23N8O6P/c1-2-3-21-12(27)6-10-11(7-31-33(30)25-5-4-20-8-25)32-17(14(10)28)26-9-22-13-15(26)23-18(19)24-16(13)29/h4-5,8-11,14,17,28H,2-3,6-7H2,1H3,(H3-,19,21,23,24,27,29)/p+1/t10-,11-,14-,17-/m1/s1. The van der Waals surface area contributed by atoms with Crippen LogP contribution >= 0.6 is 8.18 Å². The van der Waals surface area contributed by atoms with Crippen molar-refractivity contribution in [1.82, 2.24) is 34.2 Å². The van der Waals surface area contributed by atoms with Crippen molar-refractivity contribution >= 4 is 31.2 Å². The molecule has 0 spiro atoms. The number of H-pyrrole nitrogens is 1. The van der Waals surface area contributed by atoms with E-state index in [-0.39, 0.29) is 36.0 Å². The minimum atomic E-state index is -2.27. The lowest BCUT2D eigenvalue weighted by Gasteiger charge is -2.19. The number of amides is 1. The number of anilines is 1. The van der Waals surface area contributed by atoms with Crippen LogP contribution in [-0.4, -0.2) is 65.2 Å². The lowest BCUT2D eigenvalue weighted by atomic mass is 9.94. The van der Waals surface area contributed by atoms with E-state index in [1.54, 1.807) is 0 Å². The van der Waals surface area contributed by atoms with E-state index in [0.717, 1.165) is 6.42 Å². The number of ether oxygens (including phenoxy) is 1. The van der Waals surface area contributed by atoms with Crippen molar-refractivity contribution < 1.29 is 23.7 Å². The molecule has 3 aromatic rings. The van der Waals surface area contributed by atoms with Crippen LogP contribution in [-0.2, 0) is 18.6 Å². The molecule has 1 fully saturated rings. The van der Waals surface area contributed by atoms with Crippen LogP contribution in [0.15, 0.2) is 29.8 Å². The van der Waals surface area contributed by atoms with Crippen molar-refractivity contribution in [1.29, 1.82) is 0 Å². The number of imidazole rings is 2. The Kier molecular flexibility index (Phi) is 6.79. The van der Waals surface area contributed by atoms with Crippen LogP contribution in [0.2, 0.25) is 0 Å². The average molecular weight is 479 g/mol. The summed E-state index contributed by atoms with van der Waals surface area (Å²) in [6.07, 6.45) is 3.37. The molecular formula is C18H24N8O6P+. The summed E-state index contributed by atoms with van der Waals surface area (Å²) in [6.45, 7) is 2.27. The van der Waals surface area contributed by atoms with Crippen LogP contribution < -0.4 is 16.6 Å². The number of fused-ring (bicyclic) bond motifs is 1. The first kappa shape index (κ1) is 23.0. The third-order valence-corrected chi connectivity index (χ3v) is 6.25. The molecule has 33 heavy (non-hydrogen) atoms. The summed E-state index contributed by atoms with van der Waals surface area (Å²) in [5.74, 6) is -1.06. The minimum Gasteiger partial charge on any atom is -0.388 e. The van der Waals surface area contributed by atoms with E-state index >= 15 is 0 Å². The average Bonchev–Trinajstić information content (AvgIpc) is 3.51. The smallest absolute Gasteiger partial charge is 0.388 e. The number of nitrogens with zero attached hydrogens (tertiary/aromatic N) is 5. The number of aliphatic hydroxyl groups is 1. The van der Waals surface area contributed by atoms with E-state index in [2.05, 4.69) is 25.3 Å². The van der Waals surface area contributed by atoms with Gasteiger partial charge in [-0.3, -0.25) is 19.1 Å². The molecule has 176 valence electrons. The number of carbonyl (C=O) groups is 1. The second-order valence-corrected chi connectivity index (χ2v) is 8.72. The van der Waals surface area contributed by atoms with Crippen molar-refractivity contribution in [2.24, 2.45) is 5.92 Å². The van der Waals surface area contributed by atoms with Crippen LogP contribution in [0.25, 0.3) is 11.2 Å². The summed E-state index contributed by atoms with van der Waals surface area (Å²) in [5, 5.41) is 13.8. The Balaban J connectivity index is 1.58. The highest BCUT2D eigenvalue weighted by Gasteiger charge is 2.47. The molecule has 5 N–H and O–H groups in total. The number of aromatic amines is 1. The first-order valence-electron chi connectivity index (χ1n) is 10.3. The van der Waals surface area contributed by atoms with Gasteiger partial charge in [-0.2, -0.15) is 4.98 Å². The van der Waals surface area contributed by atoms with Gasteiger partial charge in [0, 0.05) is 25.1 Å². The Hall–Kier alpha value is -3.19. The normalized spacial score (nSPS) is 23.2. The summed E-state index contributed by atoms with van der Waals surface area (Å²) in [6, 6.07) is 0. The van der Waals surface area contributed by atoms with Crippen molar-refractivity contribution in [2.75, 3.05) is 18.9 Å². The van der Waals surface area contributed by atoms with Gasteiger partial charge in [0.05, 0.1) is 18.6 Å². The second-order valence-electron chi connectivity index (χ2n) is 7.53. The third-order valence-electron chi connectivity index (χ3n) is 5.27. The van der Waals surface area contributed by atoms with Crippen LogP contribution in [0.5, 0.6) is 0 Å². The zero-order valence-electron chi connectivity index (χ0n) is 17.7. The van der Waals surface area contributed by atoms with Gasteiger partial charge < -0.3 is 20.9 Å². The fourth-order valence-electron chi connectivity index (χ4n) is 3.67. The number of nitrogen functional groups attached to an aromatic ring is 1. The Morgan fingerprint density at radius 2 is 2.27 bits per heavy atom. The molecule has 4 heterocycles. The zero-order valence-corrected chi connectivity index (χ0v) is 18.6. The number of hydrogen-bond acceptors (Lipinski definition) is 10. The van der Waals surface area contributed by atoms with Crippen LogP contribution in [0.3, 0.4) is 0 Å². The van der Waals surface area contributed by atoms with Gasteiger partial charge in [-0.15, -0.1) is 8.86 Å². The van der Waals surface area contributed by atoms with E-state index in [1.807, 2.05) is 6.92 Å². The van der Waals surface area contributed by atoms with Crippen LogP contribution in [0.1, 0.15) is 26.0 Å². The summed E-state index contributed by atoms with van der Waals surface area (Å²) < 4.78 is 26.5. The molecule has 3 aromatic heterocycles. The highest BCUT2D eigenvalue weighted by molar-refractivity contribution is 7.37. The third kappa shape index (κ3) is 4.78. The quantitative estimate of drug-likeness (QED) is 0.302. The molecule has 0 radical (unpaired) electrons. The first-order chi connectivity index (χ1) is 15.9. The molecule has 1 aliphatic rings. The molecule has 0 saturated carbocycles. The molecule has 1 saturated heterocycles. The maximum absolute atomic E-state index is 12.4.